The predicted octanol–water partition coefficient (Wildman–Crippen LogP) is 0.679. The fraction of sp³-hybridized carbons (Fsp3) is 0.889. The number of methoxy groups -OCH3 is 1. The number of amides is 1. The van der Waals surface area contributed by atoms with Crippen molar-refractivity contribution in [3.05, 3.63) is 0 Å². The number of alkyl halides is 3. The Kier molecular flexibility index (Phi) is 7.07. The van der Waals surface area contributed by atoms with Crippen LogP contribution in [0.1, 0.15) is 13.3 Å². The first kappa shape index (κ1) is 15.2. The van der Waals surface area contributed by atoms with Gasteiger partial charge < -0.3 is 10.1 Å². The molecule has 0 radical (unpaired) electrons. The molecule has 4 nitrogen and oxygen atoms in total. The maximum absolute atomic E-state index is 11.8. The molecule has 0 aliphatic heterocycles. The van der Waals surface area contributed by atoms with Gasteiger partial charge in [-0.3, -0.25) is 10.1 Å². The van der Waals surface area contributed by atoms with Crippen LogP contribution in [0.5, 0.6) is 0 Å². The highest BCUT2D eigenvalue weighted by molar-refractivity contribution is 5.81. The molecule has 2 N–H and O–H groups in total. The summed E-state index contributed by atoms with van der Waals surface area (Å²) in [6.07, 6.45) is -3.67. The number of ether oxygens (including phenoxy) is 1. The average Bonchev–Trinajstić information content (AvgIpc) is 2.19. The van der Waals surface area contributed by atoms with E-state index in [9.17, 15) is 18.0 Å². The van der Waals surface area contributed by atoms with Gasteiger partial charge in [0.15, 0.2) is 0 Å². The molecule has 0 bridgehead atoms. The molecular weight excluding hydrogens is 225 g/mol. The van der Waals surface area contributed by atoms with Crippen molar-refractivity contribution in [3.63, 3.8) is 0 Å². The van der Waals surface area contributed by atoms with E-state index >= 15 is 0 Å². The third kappa shape index (κ3) is 8.49. The van der Waals surface area contributed by atoms with Gasteiger partial charge in [-0.1, -0.05) is 0 Å². The fourth-order valence-corrected chi connectivity index (χ4v) is 0.943. The molecule has 0 saturated heterocycles. The van der Waals surface area contributed by atoms with Gasteiger partial charge in [-0.15, -0.1) is 0 Å². The Hall–Kier alpha value is -0.820. The van der Waals surface area contributed by atoms with Crippen LogP contribution in [-0.4, -0.2) is 44.9 Å². The van der Waals surface area contributed by atoms with Crippen LogP contribution in [0, 0.1) is 0 Å². The number of halogens is 3. The number of carbonyl (C=O) groups excluding carboxylic acids is 1. The van der Waals surface area contributed by atoms with Crippen molar-refractivity contribution in [1.29, 1.82) is 0 Å². The average molecular weight is 242 g/mol. The van der Waals surface area contributed by atoms with Crippen LogP contribution in [0.4, 0.5) is 13.2 Å². The van der Waals surface area contributed by atoms with E-state index in [2.05, 4.69) is 10.6 Å². The molecule has 0 aromatic rings. The van der Waals surface area contributed by atoms with Crippen molar-refractivity contribution in [2.24, 2.45) is 0 Å². The minimum atomic E-state index is -4.30. The van der Waals surface area contributed by atoms with E-state index in [0.717, 1.165) is 0 Å². The second kappa shape index (κ2) is 7.45. The first-order chi connectivity index (χ1) is 7.37. The predicted molar refractivity (Wildman–Crippen MR) is 53.0 cm³/mol. The van der Waals surface area contributed by atoms with Crippen molar-refractivity contribution >= 4 is 5.91 Å². The van der Waals surface area contributed by atoms with Crippen LogP contribution in [0.25, 0.3) is 0 Å². The van der Waals surface area contributed by atoms with Gasteiger partial charge >= 0.3 is 6.18 Å². The summed E-state index contributed by atoms with van der Waals surface area (Å²) < 4.78 is 40.2. The lowest BCUT2D eigenvalue weighted by atomic mass is 10.3. The zero-order chi connectivity index (χ0) is 12.6. The second-order valence-electron chi connectivity index (χ2n) is 3.36. The highest BCUT2D eigenvalue weighted by atomic mass is 19.4. The van der Waals surface area contributed by atoms with E-state index in [0.29, 0.717) is 19.6 Å². The van der Waals surface area contributed by atoms with E-state index in [4.69, 9.17) is 4.74 Å². The van der Waals surface area contributed by atoms with Gasteiger partial charge in [0, 0.05) is 20.3 Å². The summed E-state index contributed by atoms with van der Waals surface area (Å²) >= 11 is 0. The van der Waals surface area contributed by atoms with Crippen molar-refractivity contribution in [2.45, 2.75) is 25.6 Å². The summed E-state index contributed by atoms with van der Waals surface area (Å²) in [4.78, 5) is 11.2. The summed E-state index contributed by atoms with van der Waals surface area (Å²) in [5.41, 5.74) is 0. The molecule has 1 unspecified atom stereocenters. The monoisotopic (exact) mass is 242 g/mol. The Balaban J connectivity index is 3.65. The lowest BCUT2D eigenvalue weighted by Gasteiger charge is -2.15. The number of carbonyl (C=O) groups is 1. The Morgan fingerprint density at radius 2 is 2.06 bits per heavy atom. The van der Waals surface area contributed by atoms with E-state index in [1.54, 1.807) is 0 Å². The molecule has 0 heterocycles. The van der Waals surface area contributed by atoms with Crippen LogP contribution >= 0.6 is 0 Å². The number of hydrogen-bond acceptors (Lipinski definition) is 3. The minimum Gasteiger partial charge on any atom is -0.385 e. The molecule has 0 aromatic heterocycles. The standard InChI is InChI=1S/C9H17F3N2O2/c1-7(14-6-9(10,11)12)8(15)13-4-3-5-16-2/h7,14H,3-6H2,1-2H3,(H,13,15). The Labute approximate surface area is 92.5 Å². The third-order valence-electron chi connectivity index (χ3n) is 1.83. The van der Waals surface area contributed by atoms with Crippen LogP contribution < -0.4 is 10.6 Å². The van der Waals surface area contributed by atoms with Gasteiger partial charge in [0.05, 0.1) is 12.6 Å². The van der Waals surface area contributed by atoms with Crippen LogP contribution in [0.15, 0.2) is 0 Å². The van der Waals surface area contributed by atoms with E-state index in [1.165, 1.54) is 14.0 Å². The molecule has 1 amide bonds. The van der Waals surface area contributed by atoms with E-state index < -0.39 is 24.7 Å². The zero-order valence-electron chi connectivity index (χ0n) is 9.36. The summed E-state index contributed by atoms with van der Waals surface area (Å²) in [7, 11) is 1.54. The Bertz CT molecular complexity index is 209. The molecule has 0 fully saturated rings. The number of rotatable bonds is 7. The van der Waals surface area contributed by atoms with Gasteiger partial charge in [0.1, 0.15) is 0 Å². The van der Waals surface area contributed by atoms with Gasteiger partial charge in [-0.05, 0) is 13.3 Å². The molecule has 96 valence electrons. The van der Waals surface area contributed by atoms with Crippen LogP contribution in [-0.2, 0) is 9.53 Å². The van der Waals surface area contributed by atoms with Gasteiger partial charge in [0.2, 0.25) is 5.91 Å². The largest absolute Gasteiger partial charge is 0.401 e. The maximum Gasteiger partial charge on any atom is 0.401 e. The number of hydrogen-bond donors (Lipinski definition) is 2. The quantitative estimate of drug-likeness (QED) is 0.645. The second-order valence-corrected chi connectivity index (χ2v) is 3.36. The Morgan fingerprint density at radius 1 is 1.44 bits per heavy atom. The summed E-state index contributed by atoms with van der Waals surface area (Å²) in [5, 5.41) is 4.60. The lowest BCUT2D eigenvalue weighted by molar-refractivity contribution is -0.131. The molecule has 0 rings (SSSR count). The van der Waals surface area contributed by atoms with Gasteiger partial charge in [0.25, 0.3) is 0 Å². The lowest BCUT2D eigenvalue weighted by Crippen LogP contribution is -2.45. The Morgan fingerprint density at radius 3 is 2.56 bits per heavy atom. The van der Waals surface area contributed by atoms with E-state index in [1.807, 2.05) is 0 Å². The summed E-state index contributed by atoms with van der Waals surface area (Å²) in [6, 6.07) is -0.857. The molecule has 0 aromatic carbocycles. The van der Waals surface area contributed by atoms with Crippen molar-refractivity contribution in [2.75, 3.05) is 26.8 Å². The summed E-state index contributed by atoms with van der Waals surface area (Å²) in [5.74, 6) is -0.444. The molecule has 0 spiro atoms. The zero-order valence-corrected chi connectivity index (χ0v) is 9.36. The SMILES string of the molecule is COCCCNC(=O)C(C)NCC(F)(F)F. The van der Waals surface area contributed by atoms with Gasteiger partial charge in [-0.25, -0.2) is 0 Å². The molecule has 7 heteroatoms. The van der Waals surface area contributed by atoms with E-state index in [-0.39, 0.29) is 0 Å². The first-order valence-electron chi connectivity index (χ1n) is 4.93. The molecule has 0 aliphatic rings. The van der Waals surface area contributed by atoms with Crippen LogP contribution in [0.3, 0.4) is 0 Å². The maximum atomic E-state index is 11.8. The molecule has 16 heavy (non-hydrogen) atoms. The van der Waals surface area contributed by atoms with Crippen LogP contribution in [0.2, 0.25) is 0 Å². The van der Waals surface area contributed by atoms with Gasteiger partial charge in [-0.2, -0.15) is 13.2 Å². The molecule has 0 aliphatic carbocycles. The smallest absolute Gasteiger partial charge is 0.385 e. The fourth-order valence-electron chi connectivity index (χ4n) is 0.943. The molecule has 1 atom stereocenters. The highest BCUT2D eigenvalue weighted by Crippen LogP contribution is 2.12. The minimum absolute atomic E-state index is 0.394. The third-order valence-corrected chi connectivity index (χ3v) is 1.83. The molecule has 0 saturated carbocycles. The first-order valence-corrected chi connectivity index (χ1v) is 4.93. The highest BCUT2D eigenvalue weighted by Gasteiger charge is 2.28. The topological polar surface area (TPSA) is 50.4 Å². The summed E-state index contributed by atoms with van der Waals surface area (Å²) in [6.45, 7) is 1.12. The van der Waals surface area contributed by atoms with Crippen molar-refractivity contribution in [1.82, 2.24) is 10.6 Å². The molecular formula is C9H17F3N2O2. The number of nitrogens with one attached hydrogen (secondary N) is 2. The normalized spacial score (nSPS) is 13.6. The van der Waals surface area contributed by atoms with Crippen molar-refractivity contribution in [3.8, 4) is 0 Å². The van der Waals surface area contributed by atoms with Crippen molar-refractivity contribution < 1.29 is 22.7 Å².